The molecule has 0 aliphatic carbocycles. The van der Waals surface area contributed by atoms with Gasteiger partial charge in [-0.25, -0.2) is 4.39 Å². The summed E-state index contributed by atoms with van der Waals surface area (Å²) in [4.78, 5) is 25.0. The Morgan fingerprint density at radius 2 is 1.96 bits per heavy atom. The molecule has 1 fully saturated rings. The molecule has 0 saturated carbocycles. The molecule has 2 aromatic rings. The van der Waals surface area contributed by atoms with E-state index in [2.05, 4.69) is 5.32 Å². The fraction of sp³-hybridized carbons (Fsp3) is 0.222. The van der Waals surface area contributed by atoms with Crippen LogP contribution in [0.15, 0.2) is 42.5 Å². The summed E-state index contributed by atoms with van der Waals surface area (Å²) in [6.45, 7) is 3.14. The van der Waals surface area contributed by atoms with E-state index >= 15 is 0 Å². The number of anilines is 2. The molecule has 1 unspecified atom stereocenters. The Bertz CT molecular complexity index is 792. The standard InChI is InChI=1S/C18H17FN2O2S/c1-11-3-8-15(9-16(11)19)21-17(23)10-24-18(21)13-4-6-14(7-5-13)20-12(2)22/h3-9,18H,10H2,1-2H3,(H,20,22). The van der Waals surface area contributed by atoms with Gasteiger partial charge in [0.05, 0.1) is 5.75 Å². The first-order valence-electron chi connectivity index (χ1n) is 7.53. The molecule has 6 heteroatoms. The van der Waals surface area contributed by atoms with E-state index < -0.39 is 0 Å². The van der Waals surface area contributed by atoms with Gasteiger partial charge in [-0.3, -0.25) is 14.5 Å². The first kappa shape index (κ1) is 16.5. The molecule has 2 amide bonds. The quantitative estimate of drug-likeness (QED) is 0.919. The maximum absolute atomic E-state index is 13.9. The van der Waals surface area contributed by atoms with Crippen LogP contribution in [0.3, 0.4) is 0 Å². The average molecular weight is 344 g/mol. The second-order valence-electron chi connectivity index (χ2n) is 5.66. The van der Waals surface area contributed by atoms with Crippen molar-refractivity contribution in [2.45, 2.75) is 19.2 Å². The van der Waals surface area contributed by atoms with Crippen LogP contribution >= 0.6 is 11.8 Å². The van der Waals surface area contributed by atoms with Crippen molar-refractivity contribution in [2.24, 2.45) is 0 Å². The lowest BCUT2D eigenvalue weighted by Crippen LogP contribution is -2.27. The number of hydrogen-bond donors (Lipinski definition) is 1. The molecule has 0 bridgehead atoms. The van der Waals surface area contributed by atoms with E-state index in [4.69, 9.17) is 0 Å². The number of amides is 2. The zero-order chi connectivity index (χ0) is 17.3. The fourth-order valence-corrected chi connectivity index (χ4v) is 3.79. The summed E-state index contributed by atoms with van der Waals surface area (Å²) in [5.41, 5.74) is 2.74. The molecule has 1 saturated heterocycles. The van der Waals surface area contributed by atoms with Crippen molar-refractivity contribution < 1.29 is 14.0 Å². The Hall–Kier alpha value is -2.34. The summed E-state index contributed by atoms with van der Waals surface area (Å²) < 4.78 is 13.9. The van der Waals surface area contributed by atoms with E-state index in [9.17, 15) is 14.0 Å². The summed E-state index contributed by atoms with van der Waals surface area (Å²) in [6.07, 6.45) is 0. The van der Waals surface area contributed by atoms with Crippen LogP contribution in [-0.2, 0) is 9.59 Å². The van der Waals surface area contributed by atoms with Crippen LogP contribution in [0.25, 0.3) is 0 Å². The highest BCUT2D eigenvalue weighted by molar-refractivity contribution is 8.00. The van der Waals surface area contributed by atoms with Gasteiger partial charge in [-0.1, -0.05) is 18.2 Å². The number of aryl methyl sites for hydroxylation is 1. The topological polar surface area (TPSA) is 49.4 Å². The maximum Gasteiger partial charge on any atom is 0.238 e. The molecule has 24 heavy (non-hydrogen) atoms. The van der Waals surface area contributed by atoms with E-state index in [0.717, 1.165) is 5.56 Å². The van der Waals surface area contributed by atoms with Gasteiger partial charge < -0.3 is 5.32 Å². The fourth-order valence-electron chi connectivity index (χ4n) is 2.62. The number of nitrogens with one attached hydrogen (secondary N) is 1. The third-order valence-electron chi connectivity index (χ3n) is 3.82. The minimum Gasteiger partial charge on any atom is -0.326 e. The first-order valence-corrected chi connectivity index (χ1v) is 8.58. The van der Waals surface area contributed by atoms with Crippen molar-refractivity contribution >= 4 is 35.0 Å². The summed E-state index contributed by atoms with van der Waals surface area (Å²) in [7, 11) is 0. The van der Waals surface area contributed by atoms with Crippen LogP contribution in [0, 0.1) is 12.7 Å². The van der Waals surface area contributed by atoms with Gasteiger partial charge in [-0.05, 0) is 42.3 Å². The molecule has 2 aromatic carbocycles. The molecule has 1 aliphatic rings. The molecular formula is C18H17FN2O2S. The highest BCUT2D eigenvalue weighted by Crippen LogP contribution is 2.42. The summed E-state index contributed by atoms with van der Waals surface area (Å²) >= 11 is 1.50. The zero-order valence-corrected chi connectivity index (χ0v) is 14.2. The van der Waals surface area contributed by atoms with Gasteiger partial charge in [0.1, 0.15) is 11.2 Å². The Morgan fingerprint density at radius 1 is 1.25 bits per heavy atom. The molecule has 1 heterocycles. The second kappa shape index (κ2) is 6.65. The summed E-state index contributed by atoms with van der Waals surface area (Å²) in [5, 5.41) is 2.51. The van der Waals surface area contributed by atoms with Gasteiger partial charge in [0.15, 0.2) is 0 Å². The molecular weight excluding hydrogens is 327 g/mol. The lowest BCUT2D eigenvalue weighted by Gasteiger charge is -2.24. The van der Waals surface area contributed by atoms with Crippen molar-refractivity contribution in [2.75, 3.05) is 16.0 Å². The van der Waals surface area contributed by atoms with E-state index in [1.165, 1.54) is 24.8 Å². The maximum atomic E-state index is 13.9. The van der Waals surface area contributed by atoms with E-state index in [0.29, 0.717) is 22.7 Å². The number of halogens is 1. The highest BCUT2D eigenvalue weighted by Gasteiger charge is 2.34. The average Bonchev–Trinajstić information content (AvgIpc) is 2.92. The number of carbonyl (C=O) groups is 2. The Kier molecular flexibility index (Phi) is 4.57. The van der Waals surface area contributed by atoms with E-state index in [1.807, 2.05) is 12.1 Å². The predicted octanol–water partition coefficient (Wildman–Crippen LogP) is 3.87. The number of nitrogens with zero attached hydrogens (tertiary/aromatic N) is 1. The Labute approximate surface area is 144 Å². The smallest absolute Gasteiger partial charge is 0.238 e. The Morgan fingerprint density at radius 3 is 2.58 bits per heavy atom. The third kappa shape index (κ3) is 3.28. The van der Waals surface area contributed by atoms with Crippen molar-refractivity contribution in [1.29, 1.82) is 0 Å². The number of benzene rings is 2. The van der Waals surface area contributed by atoms with Crippen molar-refractivity contribution in [3.05, 3.63) is 59.4 Å². The van der Waals surface area contributed by atoms with Crippen molar-refractivity contribution in [1.82, 2.24) is 0 Å². The predicted molar refractivity (Wildman–Crippen MR) is 94.6 cm³/mol. The Balaban J connectivity index is 1.90. The molecule has 0 radical (unpaired) electrons. The first-order chi connectivity index (χ1) is 11.5. The number of thioether (sulfide) groups is 1. The highest BCUT2D eigenvalue weighted by atomic mass is 32.2. The van der Waals surface area contributed by atoms with Crippen LogP contribution in [0.5, 0.6) is 0 Å². The molecule has 1 N–H and O–H groups in total. The minimum atomic E-state index is -0.322. The third-order valence-corrected chi connectivity index (χ3v) is 5.03. The van der Waals surface area contributed by atoms with Gasteiger partial charge in [0, 0.05) is 18.3 Å². The number of rotatable bonds is 3. The van der Waals surface area contributed by atoms with Crippen LogP contribution < -0.4 is 10.2 Å². The summed E-state index contributed by atoms with van der Waals surface area (Å²) in [6, 6.07) is 12.2. The molecule has 4 nitrogen and oxygen atoms in total. The molecule has 124 valence electrons. The van der Waals surface area contributed by atoms with Crippen molar-refractivity contribution in [3.8, 4) is 0 Å². The molecule has 0 aromatic heterocycles. The van der Waals surface area contributed by atoms with Gasteiger partial charge >= 0.3 is 0 Å². The SMILES string of the molecule is CC(=O)Nc1ccc(C2SCC(=O)N2c2ccc(C)c(F)c2)cc1. The van der Waals surface area contributed by atoms with Gasteiger partial charge in [-0.15, -0.1) is 11.8 Å². The monoisotopic (exact) mass is 344 g/mol. The minimum absolute atomic E-state index is 0.0424. The van der Waals surface area contributed by atoms with Crippen LogP contribution in [0.2, 0.25) is 0 Å². The van der Waals surface area contributed by atoms with Crippen LogP contribution in [0.1, 0.15) is 23.4 Å². The van der Waals surface area contributed by atoms with E-state index in [1.54, 1.807) is 36.1 Å². The van der Waals surface area contributed by atoms with Gasteiger partial charge in [0.2, 0.25) is 11.8 Å². The second-order valence-corrected chi connectivity index (χ2v) is 6.73. The van der Waals surface area contributed by atoms with E-state index in [-0.39, 0.29) is 23.0 Å². The van der Waals surface area contributed by atoms with Crippen LogP contribution in [0.4, 0.5) is 15.8 Å². The van der Waals surface area contributed by atoms with Gasteiger partial charge in [-0.2, -0.15) is 0 Å². The molecule has 1 aliphatic heterocycles. The molecule has 3 rings (SSSR count). The van der Waals surface area contributed by atoms with Crippen LogP contribution in [-0.4, -0.2) is 17.6 Å². The largest absolute Gasteiger partial charge is 0.326 e. The lowest BCUT2D eigenvalue weighted by molar-refractivity contribution is -0.116. The molecule has 0 spiro atoms. The van der Waals surface area contributed by atoms with Gasteiger partial charge in [0.25, 0.3) is 0 Å². The zero-order valence-electron chi connectivity index (χ0n) is 13.4. The lowest BCUT2D eigenvalue weighted by atomic mass is 10.1. The summed E-state index contributed by atoms with van der Waals surface area (Å²) in [5.74, 6) is -0.144. The normalized spacial score (nSPS) is 17.2. The van der Waals surface area contributed by atoms with Crippen molar-refractivity contribution in [3.63, 3.8) is 0 Å². The number of hydrogen-bond acceptors (Lipinski definition) is 3. The number of carbonyl (C=O) groups excluding carboxylic acids is 2. The molecule has 1 atom stereocenters.